The smallest absolute Gasteiger partial charge is 0.314 e. The lowest BCUT2D eigenvalue weighted by Gasteiger charge is -2.19. The molecule has 0 aliphatic rings. The topological polar surface area (TPSA) is 58.2 Å². The Balaban J connectivity index is 1.97. The zero-order valence-corrected chi connectivity index (χ0v) is 15.5. The maximum atomic E-state index is 12.1. The van der Waals surface area contributed by atoms with E-state index in [1.807, 2.05) is 36.4 Å². The average molecular weight is 338 g/mol. The van der Waals surface area contributed by atoms with E-state index in [0.717, 1.165) is 0 Å². The molecule has 0 aliphatic carbocycles. The second-order valence-electron chi connectivity index (χ2n) is 7.51. The van der Waals surface area contributed by atoms with Crippen LogP contribution >= 0.6 is 0 Å². The maximum Gasteiger partial charge on any atom is 0.314 e. The van der Waals surface area contributed by atoms with Gasteiger partial charge in [-0.25, -0.2) is 0 Å². The van der Waals surface area contributed by atoms with Gasteiger partial charge in [0.1, 0.15) is 0 Å². The minimum atomic E-state index is -0.684. The molecule has 4 nitrogen and oxygen atoms in total. The predicted octanol–water partition coefficient (Wildman–Crippen LogP) is 4.68. The summed E-state index contributed by atoms with van der Waals surface area (Å²) in [5.41, 5.74) is 3.60. The van der Waals surface area contributed by atoms with Crippen LogP contribution in [-0.4, -0.2) is 11.8 Å². The van der Waals surface area contributed by atoms with Crippen LogP contribution in [0.15, 0.2) is 48.5 Å². The van der Waals surface area contributed by atoms with Crippen molar-refractivity contribution in [2.45, 2.75) is 46.0 Å². The van der Waals surface area contributed by atoms with Gasteiger partial charge >= 0.3 is 11.8 Å². The molecule has 0 unspecified atom stereocenters. The molecule has 0 radical (unpaired) electrons. The zero-order chi connectivity index (χ0) is 18.6. The highest BCUT2D eigenvalue weighted by molar-refractivity contribution is 6.43. The van der Waals surface area contributed by atoms with E-state index >= 15 is 0 Å². The first kappa shape index (κ1) is 18.7. The molecule has 2 aromatic carbocycles. The molecular formula is C21H26N2O2. The molecule has 0 spiro atoms. The van der Waals surface area contributed by atoms with E-state index in [9.17, 15) is 9.59 Å². The number of carbonyl (C=O) groups is 2. The molecule has 132 valence electrons. The monoisotopic (exact) mass is 338 g/mol. The lowest BCUT2D eigenvalue weighted by molar-refractivity contribution is -0.132. The second kappa shape index (κ2) is 7.51. The van der Waals surface area contributed by atoms with Gasteiger partial charge in [0.25, 0.3) is 0 Å². The van der Waals surface area contributed by atoms with Crippen LogP contribution in [0.4, 0.5) is 11.4 Å². The summed E-state index contributed by atoms with van der Waals surface area (Å²) in [6.45, 7) is 10.6. The van der Waals surface area contributed by atoms with Crippen molar-refractivity contribution in [2.24, 2.45) is 0 Å². The van der Waals surface area contributed by atoms with E-state index < -0.39 is 11.8 Å². The van der Waals surface area contributed by atoms with Gasteiger partial charge in [0.15, 0.2) is 0 Å². The van der Waals surface area contributed by atoms with Crippen molar-refractivity contribution in [1.29, 1.82) is 0 Å². The van der Waals surface area contributed by atoms with Crippen molar-refractivity contribution in [1.82, 2.24) is 0 Å². The van der Waals surface area contributed by atoms with Crippen molar-refractivity contribution in [2.75, 3.05) is 10.6 Å². The van der Waals surface area contributed by atoms with Crippen LogP contribution in [-0.2, 0) is 15.0 Å². The molecule has 0 fully saturated rings. The highest BCUT2D eigenvalue weighted by Crippen LogP contribution is 2.23. The lowest BCUT2D eigenvalue weighted by Crippen LogP contribution is -2.29. The van der Waals surface area contributed by atoms with Gasteiger partial charge in [-0.05, 0) is 46.7 Å². The van der Waals surface area contributed by atoms with E-state index in [2.05, 4.69) is 45.3 Å². The number of nitrogens with one attached hydrogen (secondary N) is 2. The predicted molar refractivity (Wildman–Crippen MR) is 103 cm³/mol. The van der Waals surface area contributed by atoms with Crippen molar-refractivity contribution in [3.63, 3.8) is 0 Å². The largest absolute Gasteiger partial charge is 0.318 e. The van der Waals surface area contributed by atoms with Crippen LogP contribution in [0, 0.1) is 0 Å². The minimum absolute atomic E-state index is 0.0437. The Morgan fingerprint density at radius 3 is 1.52 bits per heavy atom. The van der Waals surface area contributed by atoms with Gasteiger partial charge in [-0.2, -0.15) is 0 Å². The van der Waals surface area contributed by atoms with Crippen LogP contribution in [0.25, 0.3) is 0 Å². The van der Waals surface area contributed by atoms with E-state index in [1.165, 1.54) is 11.1 Å². The van der Waals surface area contributed by atoms with Gasteiger partial charge in [0, 0.05) is 11.4 Å². The van der Waals surface area contributed by atoms with E-state index in [1.54, 1.807) is 12.1 Å². The Hall–Kier alpha value is -2.62. The summed E-state index contributed by atoms with van der Waals surface area (Å²) < 4.78 is 0. The molecule has 25 heavy (non-hydrogen) atoms. The van der Waals surface area contributed by atoms with Crippen LogP contribution in [0.3, 0.4) is 0 Å². The average Bonchev–Trinajstić information content (AvgIpc) is 2.55. The third-order valence-corrected chi connectivity index (χ3v) is 4.05. The van der Waals surface area contributed by atoms with Gasteiger partial charge < -0.3 is 10.6 Å². The summed E-state index contributed by atoms with van der Waals surface area (Å²) in [4.78, 5) is 24.1. The molecular weight excluding hydrogens is 312 g/mol. The van der Waals surface area contributed by atoms with E-state index in [0.29, 0.717) is 17.3 Å². The number of hydrogen-bond donors (Lipinski definition) is 2. The third kappa shape index (κ3) is 5.18. The molecule has 2 aromatic rings. The third-order valence-electron chi connectivity index (χ3n) is 4.05. The summed E-state index contributed by atoms with van der Waals surface area (Å²) in [6, 6.07) is 15.0. The standard InChI is InChI=1S/C21H26N2O2/c1-14(2)15-6-10-17(11-7-15)22-19(24)20(25)23-18-12-8-16(9-13-18)21(3,4)5/h6-14H,1-5H3,(H,22,24)(H,23,25). The minimum Gasteiger partial charge on any atom is -0.318 e. The summed E-state index contributed by atoms with van der Waals surface area (Å²) in [6.07, 6.45) is 0. The molecule has 0 heterocycles. The normalized spacial score (nSPS) is 11.3. The molecule has 0 aromatic heterocycles. The lowest BCUT2D eigenvalue weighted by atomic mass is 9.87. The fourth-order valence-electron chi connectivity index (χ4n) is 2.38. The van der Waals surface area contributed by atoms with Crippen molar-refractivity contribution in [3.05, 3.63) is 59.7 Å². The fraction of sp³-hybridized carbons (Fsp3) is 0.333. The summed E-state index contributed by atoms with van der Waals surface area (Å²) in [5.74, 6) is -0.947. The number of amides is 2. The molecule has 0 bridgehead atoms. The van der Waals surface area contributed by atoms with Crippen LogP contribution in [0.2, 0.25) is 0 Å². The molecule has 0 atom stereocenters. The molecule has 2 rings (SSSR count). The van der Waals surface area contributed by atoms with Crippen molar-refractivity contribution < 1.29 is 9.59 Å². The van der Waals surface area contributed by atoms with Gasteiger partial charge in [-0.1, -0.05) is 58.9 Å². The summed E-state index contributed by atoms with van der Waals surface area (Å²) >= 11 is 0. The fourth-order valence-corrected chi connectivity index (χ4v) is 2.38. The van der Waals surface area contributed by atoms with Gasteiger partial charge in [-0.3, -0.25) is 9.59 Å². The van der Waals surface area contributed by atoms with Crippen LogP contribution in [0.1, 0.15) is 51.7 Å². The Kier molecular flexibility index (Phi) is 5.62. The van der Waals surface area contributed by atoms with Crippen LogP contribution < -0.4 is 10.6 Å². The first-order valence-corrected chi connectivity index (χ1v) is 8.49. The Labute approximate surface area is 149 Å². The summed E-state index contributed by atoms with van der Waals surface area (Å²) in [7, 11) is 0. The van der Waals surface area contributed by atoms with Gasteiger partial charge in [0.2, 0.25) is 0 Å². The molecule has 0 saturated heterocycles. The summed E-state index contributed by atoms with van der Waals surface area (Å²) in [5, 5.41) is 5.23. The first-order valence-electron chi connectivity index (χ1n) is 8.49. The number of benzene rings is 2. The van der Waals surface area contributed by atoms with E-state index in [4.69, 9.17) is 0 Å². The van der Waals surface area contributed by atoms with E-state index in [-0.39, 0.29) is 5.41 Å². The maximum absolute atomic E-state index is 12.1. The highest BCUT2D eigenvalue weighted by atomic mass is 16.2. The van der Waals surface area contributed by atoms with Crippen molar-refractivity contribution >= 4 is 23.2 Å². The van der Waals surface area contributed by atoms with Crippen LogP contribution in [0.5, 0.6) is 0 Å². The number of carbonyl (C=O) groups excluding carboxylic acids is 2. The Morgan fingerprint density at radius 1 is 0.760 bits per heavy atom. The number of hydrogen-bond acceptors (Lipinski definition) is 2. The van der Waals surface area contributed by atoms with Gasteiger partial charge in [-0.15, -0.1) is 0 Å². The number of anilines is 2. The zero-order valence-electron chi connectivity index (χ0n) is 15.5. The molecule has 2 N–H and O–H groups in total. The molecule has 0 aliphatic heterocycles. The SMILES string of the molecule is CC(C)c1ccc(NC(=O)C(=O)Nc2ccc(C(C)(C)C)cc2)cc1. The number of rotatable bonds is 3. The van der Waals surface area contributed by atoms with Gasteiger partial charge in [0.05, 0.1) is 0 Å². The Morgan fingerprint density at radius 2 is 1.16 bits per heavy atom. The first-order chi connectivity index (χ1) is 11.7. The molecule has 2 amide bonds. The quantitative estimate of drug-likeness (QED) is 0.798. The molecule has 0 saturated carbocycles. The highest BCUT2D eigenvalue weighted by Gasteiger charge is 2.16. The second-order valence-corrected chi connectivity index (χ2v) is 7.51. The molecule has 4 heteroatoms. The van der Waals surface area contributed by atoms with Crippen molar-refractivity contribution in [3.8, 4) is 0 Å². The Bertz CT molecular complexity index is 739.